The van der Waals surface area contributed by atoms with E-state index in [0.29, 0.717) is 11.7 Å². The van der Waals surface area contributed by atoms with Crippen LogP contribution in [0.15, 0.2) is 29.5 Å². The van der Waals surface area contributed by atoms with E-state index in [1.165, 1.54) is 19.5 Å². The Morgan fingerprint density at radius 2 is 2.38 bits per heavy atom. The van der Waals surface area contributed by atoms with Gasteiger partial charge in [0.2, 0.25) is 5.95 Å². The molecule has 82 valence electrons. The van der Waals surface area contributed by atoms with E-state index in [-0.39, 0.29) is 5.75 Å². The number of rotatable bonds is 3. The Morgan fingerprint density at radius 1 is 1.50 bits per heavy atom. The predicted molar refractivity (Wildman–Crippen MR) is 58.3 cm³/mol. The number of H-pyrrole nitrogens is 1. The highest BCUT2D eigenvalue weighted by molar-refractivity contribution is 5.85. The quantitative estimate of drug-likeness (QED) is 0.760. The van der Waals surface area contributed by atoms with Crippen molar-refractivity contribution in [2.75, 3.05) is 7.11 Å². The third-order valence-electron chi connectivity index (χ3n) is 1.95. The van der Waals surface area contributed by atoms with Crippen LogP contribution < -0.4 is 4.74 Å². The Kier molecular flexibility index (Phi) is 2.81. The summed E-state index contributed by atoms with van der Waals surface area (Å²) in [6.45, 7) is 0. The van der Waals surface area contributed by atoms with Crippen molar-refractivity contribution >= 4 is 12.2 Å². The van der Waals surface area contributed by atoms with Crippen molar-refractivity contribution in [2.24, 2.45) is 4.99 Å². The zero-order chi connectivity index (χ0) is 11.4. The highest BCUT2D eigenvalue weighted by atomic mass is 16.5. The molecule has 2 N–H and O–H groups in total. The second kappa shape index (κ2) is 4.43. The highest BCUT2D eigenvalue weighted by Gasteiger charge is 2.01. The molecule has 0 bridgehead atoms. The van der Waals surface area contributed by atoms with Crippen molar-refractivity contribution < 1.29 is 9.84 Å². The fraction of sp³-hybridized carbons (Fsp3) is 0.100. The summed E-state index contributed by atoms with van der Waals surface area (Å²) < 4.78 is 5.10. The lowest BCUT2D eigenvalue weighted by Gasteiger charge is -2.03. The predicted octanol–water partition coefficient (Wildman–Crippen LogP) is 1.27. The van der Waals surface area contributed by atoms with Crippen LogP contribution in [0.1, 0.15) is 5.56 Å². The Balaban J connectivity index is 2.27. The number of benzene rings is 1. The number of methoxy groups -OCH3 is 1. The summed E-state index contributed by atoms with van der Waals surface area (Å²) in [5.74, 6) is 1.10. The molecular weight excluding hydrogens is 208 g/mol. The number of ether oxygens (including phenoxy) is 1. The van der Waals surface area contributed by atoms with Crippen molar-refractivity contribution in [3.8, 4) is 11.5 Å². The smallest absolute Gasteiger partial charge is 0.245 e. The normalized spacial score (nSPS) is 10.8. The van der Waals surface area contributed by atoms with Gasteiger partial charge in [-0.25, -0.2) is 10.1 Å². The molecule has 0 spiro atoms. The molecule has 0 aliphatic carbocycles. The Morgan fingerprint density at radius 3 is 3.06 bits per heavy atom. The molecule has 1 aromatic carbocycles. The summed E-state index contributed by atoms with van der Waals surface area (Å²) in [5, 5.41) is 15.5. The Labute approximate surface area is 91.6 Å². The zero-order valence-corrected chi connectivity index (χ0v) is 8.58. The van der Waals surface area contributed by atoms with Gasteiger partial charge in [0.15, 0.2) is 0 Å². The van der Waals surface area contributed by atoms with E-state index < -0.39 is 0 Å². The van der Waals surface area contributed by atoms with Crippen LogP contribution in [0.5, 0.6) is 11.5 Å². The molecule has 1 heterocycles. The lowest BCUT2D eigenvalue weighted by molar-refractivity contribution is 0.407. The average molecular weight is 218 g/mol. The Bertz CT molecular complexity index is 494. The molecule has 0 atom stereocenters. The molecule has 0 unspecified atom stereocenters. The third-order valence-corrected chi connectivity index (χ3v) is 1.95. The van der Waals surface area contributed by atoms with E-state index in [1.54, 1.807) is 18.3 Å². The largest absolute Gasteiger partial charge is 0.508 e. The number of phenols is 1. The van der Waals surface area contributed by atoms with Crippen LogP contribution >= 0.6 is 0 Å². The molecule has 16 heavy (non-hydrogen) atoms. The van der Waals surface area contributed by atoms with Crippen LogP contribution in [0.25, 0.3) is 0 Å². The molecular formula is C10H10N4O2. The average Bonchev–Trinajstić information content (AvgIpc) is 2.80. The molecule has 0 saturated heterocycles. The second-order valence-electron chi connectivity index (χ2n) is 2.99. The highest BCUT2D eigenvalue weighted by Crippen LogP contribution is 2.22. The molecule has 0 radical (unpaired) electrons. The van der Waals surface area contributed by atoms with Gasteiger partial charge in [0.1, 0.15) is 17.8 Å². The summed E-state index contributed by atoms with van der Waals surface area (Å²) in [6.07, 6.45) is 2.96. The molecule has 0 aliphatic heterocycles. The molecule has 0 amide bonds. The molecule has 2 rings (SSSR count). The number of hydrogen-bond donors (Lipinski definition) is 2. The first-order valence-corrected chi connectivity index (χ1v) is 4.56. The Hall–Kier alpha value is -2.37. The number of nitrogens with zero attached hydrogens (tertiary/aromatic N) is 3. The maximum absolute atomic E-state index is 9.27. The summed E-state index contributed by atoms with van der Waals surface area (Å²) in [7, 11) is 1.53. The summed E-state index contributed by atoms with van der Waals surface area (Å²) in [5.41, 5.74) is 0.747. The minimum Gasteiger partial charge on any atom is -0.508 e. The van der Waals surface area contributed by atoms with Gasteiger partial charge in [-0.3, -0.25) is 0 Å². The fourth-order valence-corrected chi connectivity index (χ4v) is 1.20. The monoisotopic (exact) mass is 218 g/mol. The van der Waals surface area contributed by atoms with Crippen LogP contribution in [0, 0.1) is 0 Å². The maximum atomic E-state index is 9.27. The van der Waals surface area contributed by atoms with Gasteiger partial charge < -0.3 is 9.84 Å². The van der Waals surface area contributed by atoms with Crippen molar-refractivity contribution in [2.45, 2.75) is 0 Å². The standard InChI is InChI=1S/C10H10N4O2/c1-16-9-4-8(15)3-2-7(9)5-11-10-12-6-13-14-10/h2-6,15H,1H3,(H,12,13,14). The van der Waals surface area contributed by atoms with Gasteiger partial charge >= 0.3 is 0 Å². The van der Waals surface area contributed by atoms with Crippen molar-refractivity contribution in [3.63, 3.8) is 0 Å². The molecule has 1 aromatic heterocycles. The van der Waals surface area contributed by atoms with E-state index in [0.717, 1.165) is 5.56 Å². The number of nitrogens with one attached hydrogen (secondary N) is 1. The van der Waals surface area contributed by atoms with Crippen molar-refractivity contribution in [1.29, 1.82) is 0 Å². The number of hydrogen-bond acceptors (Lipinski definition) is 5. The minimum absolute atomic E-state index is 0.147. The lowest BCUT2D eigenvalue weighted by atomic mass is 10.2. The van der Waals surface area contributed by atoms with Gasteiger partial charge in [0.25, 0.3) is 0 Å². The minimum atomic E-state index is 0.147. The van der Waals surface area contributed by atoms with Crippen LogP contribution in [-0.4, -0.2) is 33.6 Å². The first-order chi connectivity index (χ1) is 7.79. The van der Waals surface area contributed by atoms with Crippen molar-refractivity contribution in [3.05, 3.63) is 30.1 Å². The first-order valence-electron chi connectivity index (χ1n) is 4.56. The number of aliphatic imine (C=N–C) groups is 1. The molecule has 6 heteroatoms. The number of aromatic hydroxyl groups is 1. The summed E-state index contributed by atoms with van der Waals surface area (Å²) >= 11 is 0. The zero-order valence-electron chi connectivity index (χ0n) is 8.58. The van der Waals surface area contributed by atoms with Crippen LogP contribution in [0.2, 0.25) is 0 Å². The van der Waals surface area contributed by atoms with Crippen LogP contribution in [0.4, 0.5) is 5.95 Å². The molecule has 0 saturated carbocycles. The van der Waals surface area contributed by atoms with E-state index in [9.17, 15) is 5.11 Å². The summed E-state index contributed by atoms with van der Waals surface area (Å²) in [6, 6.07) is 4.78. The van der Waals surface area contributed by atoms with E-state index in [4.69, 9.17) is 4.74 Å². The third kappa shape index (κ3) is 2.17. The van der Waals surface area contributed by atoms with E-state index in [2.05, 4.69) is 20.2 Å². The van der Waals surface area contributed by atoms with Gasteiger partial charge in [0, 0.05) is 17.8 Å². The van der Waals surface area contributed by atoms with Gasteiger partial charge in [-0.2, -0.15) is 10.1 Å². The second-order valence-corrected chi connectivity index (χ2v) is 2.99. The van der Waals surface area contributed by atoms with Gasteiger partial charge in [0.05, 0.1) is 7.11 Å². The van der Waals surface area contributed by atoms with E-state index in [1.807, 2.05) is 0 Å². The van der Waals surface area contributed by atoms with Crippen LogP contribution in [-0.2, 0) is 0 Å². The number of aromatic amines is 1. The number of aromatic nitrogens is 3. The van der Waals surface area contributed by atoms with Crippen molar-refractivity contribution in [1.82, 2.24) is 15.2 Å². The SMILES string of the molecule is COc1cc(O)ccc1C=Nc1ncn[nH]1. The molecule has 2 aromatic rings. The summed E-state index contributed by atoms with van der Waals surface area (Å²) in [4.78, 5) is 7.91. The molecule has 0 aliphatic rings. The molecule has 6 nitrogen and oxygen atoms in total. The molecule has 0 fully saturated rings. The first kappa shape index (κ1) is 10.2. The maximum Gasteiger partial charge on any atom is 0.245 e. The lowest BCUT2D eigenvalue weighted by Crippen LogP contribution is -1.90. The van der Waals surface area contributed by atoms with Gasteiger partial charge in [-0.15, -0.1) is 0 Å². The van der Waals surface area contributed by atoms with Gasteiger partial charge in [-0.1, -0.05) is 0 Å². The van der Waals surface area contributed by atoms with Gasteiger partial charge in [-0.05, 0) is 12.1 Å². The fourth-order valence-electron chi connectivity index (χ4n) is 1.20. The number of phenolic OH excluding ortho intramolecular Hbond substituents is 1. The van der Waals surface area contributed by atoms with E-state index >= 15 is 0 Å². The van der Waals surface area contributed by atoms with Crippen LogP contribution in [0.3, 0.4) is 0 Å². The topological polar surface area (TPSA) is 83.4 Å².